The van der Waals surface area contributed by atoms with Crippen LogP contribution in [-0.2, 0) is 4.79 Å². The lowest BCUT2D eigenvalue weighted by Crippen LogP contribution is -2.28. The molecule has 0 aliphatic carbocycles. The number of hydrogen-bond acceptors (Lipinski definition) is 3. The number of hydrogen-bond donors (Lipinski definition) is 1. The molecule has 1 aromatic heterocycles. The molecular weight excluding hydrogens is 276 g/mol. The summed E-state index contributed by atoms with van der Waals surface area (Å²) in [5, 5.41) is 3.00. The number of methoxy groups -OCH3 is 1. The Labute approximate surface area is 131 Å². The Morgan fingerprint density at radius 1 is 1.23 bits per heavy atom. The van der Waals surface area contributed by atoms with Gasteiger partial charge in [0.2, 0.25) is 5.91 Å². The summed E-state index contributed by atoms with van der Waals surface area (Å²) in [6.07, 6.45) is 3.18. The summed E-state index contributed by atoms with van der Waals surface area (Å²) in [5.41, 5.74) is 2.06. The molecule has 22 heavy (non-hydrogen) atoms. The first-order valence-corrected chi connectivity index (χ1v) is 7.56. The van der Waals surface area contributed by atoms with E-state index >= 15 is 0 Å². The minimum absolute atomic E-state index is 0.0351. The maximum atomic E-state index is 11.8. The first-order chi connectivity index (χ1) is 10.7. The van der Waals surface area contributed by atoms with Crippen molar-refractivity contribution in [2.45, 2.75) is 25.7 Å². The van der Waals surface area contributed by atoms with Gasteiger partial charge >= 0.3 is 0 Å². The normalized spacial score (nSPS) is 11.7. The fourth-order valence-electron chi connectivity index (χ4n) is 2.34. The number of carbonyl (C=O) groups excluding carboxylic acids is 1. The average molecular weight is 298 g/mol. The third kappa shape index (κ3) is 4.32. The van der Waals surface area contributed by atoms with Crippen LogP contribution in [0.1, 0.15) is 36.9 Å². The van der Waals surface area contributed by atoms with Crippen LogP contribution in [-0.4, -0.2) is 24.5 Å². The first kappa shape index (κ1) is 16.0. The zero-order valence-electron chi connectivity index (χ0n) is 13.1. The number of ether oxygens (including phenoxy) is 1. The number of benzene rings is 1. The van der Waals surface area contributed by atoms with Crippen molar-refractivity contribution in [1.82, 2.24) is 10.3 Å². The van der Waals surface area contributed by atoms with Crippen LogP contribution in [0, 0.1) is 0 Å². The third-order valence-electron chi connectivity index (χ3n) is 3.54. The molecule has 0 bridgehead atoms. The summed E-state index contributed by atoms with van der Waals surface area (Å²) >= 11 is 0. The molecule has 4 heteroatoms. The predicted octanol–water partition coefficient (Wildman–Crippen LogP) is 3.14. The van der Waals surface area contributed by atoms with Crippen LogP contribution in [0.3, 0.4) is 0 Å². The molecule has 1 amide bonds. The second kappa shape index (κ2) is 8.17. The van der Waals surface area contributed by atoms with Crippen LogP contribution < -0.4 is 10.1 Å². The Bertz CT molecular complexity index is 582. The van der Waals surface area contributed by atoms with Gasteiger partial charge in [0, 0.05) is 30.8 Å². The molecule has 0 radical (unpaired) electrons. The zero-order chi connectivity index (χ0) is 15.8. The minimum atomic E-state index is 0.0351. The molecule has 2 rings (SSSR count). The predicted molar refractivity (Wildman–Crippen MR) is 87.0 cm³/mol. The maximum Gasteiger partial charge on any atom is 0.220 e. The van der Waals surface area contributed by atoms with Gasteiger partial charge < -0.3 is 10.1 Å². The largest absolute Gasteiger partial charge is 0.497 e. The van der Waals surface area contributed by atoms with Crippen molar-refractivity contribution in [3.05, 3.63) is 59.9 Å². The molecule has 116 valence electrons. The Balaban J connectivity index is 2.19. The Hall–Kier alpha value is -2.36. The monoisotopic (exact) mass is 298 g/mol. The van der Waals surface area contributed by atoms with Crippen molar-refractivity contribution in [3.8, 4) is 5.75 Å². The van der Waals surface area contributed by atoms with Crippen LogP contribution in [0.15, 0.2) is 48.7 Å². The van der Waals surface area contributed by atoms with E-state index in [-0.39, 0.29) is 11.8 Å². The number of amides is 1. The fraction of sp³-hybridized carbons (Fsp3) is 0.333. The first-order valence-electron chi connectivity index (χ1n) is 7.56. The van der Waals surface area contributed by atoms with Gasteiger partial charge in [0.1, 0.15) is 5.75 Å². The van der Waals surface area contributed by atoms with Crippen molar-refractivity contribution in [2.24, 2.45) is 0 Å². The van der Waals surface area contributed by atoms with E-state index in [1.165, 1.54) is 0 Å². The lowest BCUT2D eigenvalue weighted by Gasteiger charge is -2.18. The lowest BCUT2D eigenvalue weighted by molar-refractivity contribution is -0.121. The quantitative estimate of drug-likeness (QED) is 0.854. The zero-order valence-corrected chi connectivity index (χ0v) is 13.1. The van der Waals surface area contributed by atoms with Crippen molar-refractivity contribution in [2.75, 3.05) is 13.7 Å². The van der Waals surface area contributed by atoms with E-state index in [4.69, 9.17) is 4.74 Å². The van der Waals surface area contributed by atoms with Gasteiger partial charge in [0.05, 0.1) is 7.11 Å². The number of rotatable bonds is 7. The molecule has 1 heterocycles. The molecule has 0 spiro atoms. The molecule has 2 aromatic rings. The summed E-state index contributed by atoms with van der Waals surface area (Å²) in [4.78, 5) is 16.2. The van der Waals surface area contributed by atoms with E-state index in [0.717, 1.165) is 23.4 Å². The van der Waals surface area contributed by atoms with E-state index in [0.29, 0.717) is 13.0 Å². The van der Waals surface area contributed by atoms with E-state index in [2.05, 4.69) is 10.3 Å². The maximum absolute atomic E-state index is 11.8. The van der Waals surface area contributed by atoms with Gasteiger partial charge in [0.15, 0.2) is 0 Å². The van der Waals surface area contributed by atoms with Crippen molar-refractivity contribution >= 4 is 5.91 Å². The van der Waals surface area contributed by atoms with E-state index in [1.54, 1.807) is 13.3 Å². The number of pyridine rings is 1. The molecule has 1 atom stereocenters. The average Bonchev–Trinajstić information content (AvgIpc) is 2.57. The van der Waals surface area contributed by atoms with Gasteiger partial charge in [-0.3, -0.25) is 9.78 Å². The van der Waals surface area contributed by atoms with Gasteiger partial charge in [-0.1, -0.05) is 25.1 Å². The molecule has 0 aliphatic heterocycles. The van der Waals surface area contributed by atoms with Crippen molar-refractivity contribution < 1.29 is 9.53 Å². The lowest BCUT2D eigenvalue weighted by atomic mass is 9.95. The smallest absolute Gasteiger partial charge is 0.220 e. The van der Waals surface area contributed by atoms with E-state index in [1.807, 2.05) is 49.4 Å². The minimum Gasteiger partial charge on any atom is -0.497 e. The van der Waals surface area contributed by atoms with Gasteiger partial charge in [-0.05, 0) is 36.2 Å². The molecule has 0 saturated carbocycles. The van der Waals surface area contributed by atoms with Gasteiger partial charge in [-0.2, -0.15) is 0 Å². The van der Waals surface area contributed by atoms with Crippen molar-refractivity contribution in [3.63, 3.8) is 0 Å². The third-order valence-corrected chi connectivity index (χ3v) is 3.54. The molecular formula is C18H22N2O2. The highest BCUT2D eigenvalue weighted by molar-refractivity contribution is 5.75. The summed E-state index contributed by atoms with van der Waals surface area (Å²) in [7, 11) is 1.65. The topological polar surface area (TPSA) is 51.2 Å². The number of aromatic nitrogens is 1. The van der Waals surface area contributed by atoms with Crippen LogP contribution in [0.5, 0.6) is 5.75 Å². The van der Waals surface area contributed by atoms with Crippen LogP contribution in [0.25, 0.3) is 0 Å². The van der Waals surface area contributed by atoms with Gasteiger partial charge in [-0.15, -0.1) is 0 Å². The second-order valence-electron chi connectivity index (χ2n) is 5.13. The Morgan fingerprint density at radius 3 is 2.59 bits per heavy atom. The van der Waals surface area contributed by atoms with E-state index in [9.17, 15) is 4.79 Å². The number of nitrogens with zero attached hydrogens (tertiary/aromatic N) is 1. The molecule has 1 unspecified atom stereocenters. The van der Waals surface area contributed by atoms with Gasteiger partial charge in [-0.25, -0.2) is 0 Å². The van der Waals surface area contributed by atoms with Crippen LogP contribution in [0.2, 0.25) is 0 Å². The number of nitrogens with one attached hydrogen (secondary N) is 1. The second-order valence-corrected chi connectivity index (χ2v) is 5.13. The summed E-state index contributed by atoms with van der Waals surface area (Å²) in [6.45, 7) is 2.54. The molecule has 0 saturated heterocycles. The SMILES string of the molecule is CCCC(=O)NCC(c1ccc(OC)cc1)c1ccccn1. The molecule has 0 aliphatic rings. The molecule has 1 N–H and O–H groups in total. The summed E-state index contributed by atoms with van der Waals surface area (Å²) in [5.74, 6) is 0.934. The summed E-state index contributed by atoms with van der Waals surface area (Å²) < 4.78 is 5.20. The number of carbonyl (C=O) groups is 1. The van der Waals surface area contributed by atoms with Gasteiger partial charge in [0.25, 0.3) is 0 Å². The highest BCUT2D eigenvalue weighted by Gasteiger charge is 2.16. The Kier molecular flexibility index (Phi) is 5.95. The standard InChI is InChI=1S/C18H22N2O2/c1-3-6-18(21)20-13-16(17-7-4-5-12-19-17)14-8-10-15(22-2)11-9-14/h4-5,7-12,16H,3,6,13H2,1-2H3,(H,20,21). The van der Waals surface area contributed by atoms with Crippen LogP contribution in [0.4, 0.5) is 0 Å². The highest BCUT2D eigenvalue weighted by Crippen LogP contribution is 2.24. The summed E-state index contributed by atoms with van der Waals surface area (Å²) in [6, 6.07) is 13.7. The van der Waals surface area contributed by atoms with Crippen molar-refractivity contribution in [1.29, 1.82) is 0 Å². The fourth-order valence-corrected chi connectivity index (χ4v) is 2.34. The highest BCUT2D eigenvalue weighted by atomic mass is 16.5. The van der Waals surface area contributed by atoms with E-state index < -0.39 is 0 Å². The van der Waals surface area contributed by atoms with Crippen LogP contribution >= 0.6 is 0 Å². The molecule has 0 fully saturated rings. The Morgan fingerprint density at radius 2 is 2.00 bits per heavy atom. The molecule has 1 aromatic carbocycles. The molecule has 4 nitrogen and oxygen atoms in total.